The zero-order valence-corrected chi connectivity index (χ0v) is 11.5. The van der Waals surface area contributed by atoms with Gasteiger partial charge in [0.25, 0.3) is 0 Å². The van der Waals surface area contributed by atoms with E-state index in [1.165, 1.54) is 12.7 Å². The molecule has 0 radical (unpaired) electrons. The summed E-state index contributed by atoms with van der Waals surface area (Å²) < 4.78 is 10.3. The Kier molecular flexibility index (Phi) is 5.18. The first-order valence-electron chi connectivity index (χ1n) is 6.64. The van der Waals surface area contributed by atoms with E-state index in [-0.39, 0.29) is 5.97 Å². The zero-order valence-electron chi connectivity index (χ0n) is 11.5. The Hall–Kier alpha value is -2.29. The normalized spacial score (nSPS) is 10.1. The van der Waals surface area contributed by atoms with E-state index in [1.807, 2.05) is 42.5 Å². The van der Waals surface area contributed by atoms with Gasteiger partial charge in [-0.1, -0.05) is 30.3 Å². The predicted octanol–water partition coefficient (Wildman–Crippen LogP) is 3.48. The Labute approximate surface area is 119 Å². The van der Waals surface area contributed by atoms with Crippen molar-refractivity contribution in [2.45, 2.75) is 12.8 Å². The van der Waals surface area contributed by atoms with Gasteiger partial charge < -0.3 is 9.47 Å². The van der Waals surface area contributed by atoms with Gasteiger partial charge in [-0.2, -0.15) is 0 Å². The number of ether oxygens (including phenoxy) is 2. The molecule has 0 amide bonds. The Bertz CT molecular complexity index is 532. The summed E-state index contributed by atoms with van der Waals surface area (Å²) in [6.45, 7) is 0.683. The summed E-state index contributed by atoms with van der Waals surface area (Å²) in [6.07, 6.45) is 1.86. The van der Waals surface area contributed by atoms with Gasteiger partial charge in [-0.05, 0) is 42.7 Å². The van der Waals surface area contributed by atoms with Crippen LogP contribution in [0.3, 0.4) is 0 Å². The lowest BCUT2D eigenvalue weighted by molar-refractivity contribution is 0.0600. The van der Waals surface area contributed by atoms with Gasteiger partial charge in [0.2, 0.25) is 0 Å². The van der Waals surface area contributed by atoms with E-state index in [9.17, 15) is 4.79 Å². The van der Waals surface area contributed by atoms with Crippen molar-refractivity contribution >= 4 is 5.97 Å². The molecule has 2 aromatic rings. The highest BCUT2D eigenvalue weighted by atomic mass is 16.5. The fourth-order valence-electron chi connectivity index (χ4n) is 1.91. The first kappa shape index (κ1) is 14.1. The highest BCUT2D eigenvalue weighted by molar-refractivity contribution is 5.89. The number of aryl methyl sites for hydroxylation is 1. The van der Waals surface area contributed by atoms with Crippen molar-refractivity contribution in [2.24, 2.45) is 0 Å². The van der Waals surface area contributed by atoms with Crippen molar-refractivity contribution in [2.75, 3.05) is 13.7 Å². The average molecular weight is 270 g/mol. The van der Waals surface area contributed by atoms with Crippen LogP contribution in [0, 0.1) is 0 Å². The highest BCUT2D eigenvalue weighted by Crippen LogP contribution is 2.11. The number of methoxy groups -OCH3 is 1. The molecule has 20 heavy (non-hydrogen) atoms. The lowest BCUT2D eigenvalue weighted by Crippen LogP contribution is -2.02. The molecule has 0 aromatic heterocycles. The number of carbonyl (C=O) groups excluding carboxylic acids is 1. The molecule has 104 valence electrons. The molecule has 2 aromatic carbocycles. The lowest BCUT2D eigenvalue weighted by atomic mass is 10.1. The third-order valence-corrected chi connectivity index (χ3v) is 3.00. The van der Waals surface area contributed by atoms with E-state index in [4.69, 9.17) is 4.74 Å². The van der Waals surface area contributed by atoms with Crippen molar-refractivity contribution in [3.8, 4) is 5.75 Å². The first-order valence-corrected chi connectivity index (χ1v) is 6.64. The molecular weight excluding hydrogens is 252 g/mol. The highest BCUT2D eigenvalue weighted by Gasteiger charge is 2.04. The monoisotopic (exact) mass is 270 g/mol. The van der Waals surface area contributed by atoms with Gasteiger partial charge in [-0.15, -0.1) is 0 Å². The maximum absolute atomic E-state index is 11.3. The van der Waals surface area contributed by atoms with Gasteiger partial charge in [0.15, 0.2) is 0 Å². The lowest BCUT2D eigenvalue weighted by Gasteiger charge is -2.06. The summed E-state index contributed by atoms with van der Waals surface area (Å²) in [6, 6.07) is 17.3. The van der Waals surface area contributed by atoms with Crippen LogP contribution in [-0.2, 0) is 11.2 Å². The largest absolute Gasteiger partial charge is 0.494 e. The smallest absolute Gasteiger partial charge is 0.337 e. The van der Waals surface area contributed by atoms with Crippen molar-refractivity contribution in [1.29, 1.82) is 0 Å². The minimum Gasteiger partial charge on any atom is -0.494 e. The average Bonchev–Trinajstić information content (AvgIpc) is 2.52. The van der Waals surface area contributed by atoms with Gasteiger partial charge in [-0.3, -0.25) is 0 Å². The van der Waals surface area contributed by atoms with Crippen LogP contribution < -0.4 is 4.74 Å². The SMILES string of the molecule is COC(=O)c1ccc(CCCOc2ccccc2)cc1. The van der Waals surface area contributed by atoms with Crippen LogP contribution in [0.5, 0.6) is 5.75 Å². The predicted molar refractivity (Wildman–Crippen MR) is 78.0 cm³/mol. The van der Waals surface area contributed by atoms with Crippen LogP contribution in [0.1, 0.15) is 22.3 Å². The van der Waals surface area contributed by atoms with E-state index in [0.717, 1.165) is 18.6 Å². The maximum atomic E-state index is 11.3. The standard InChI is InChI=1S/C17H18O3/c1-19-17(18)15-11-9-14(10-12-15)6-5-13-20-16-7-3-2-4-8-16/h2-4,7-12H,5-6,13H2,1H3. The van der Waals surface area contributed by atoms with Crippen LogP contribution in [0.4, 0.5) is 0 Å². The van der Waals surface area contributed by atoms with E-state index in [2.05, 4.69) is 4.74 Å². The molecule has 0 saturated carbocycles. The van der Waals surface area contributed by atoms with E-state index < -0.39 is 0 Å². The molecule has 0 fully saturated rings. The van der Waals surface area contributed by atoms with E-state index >= 15 is 0 Å². The van der Waals surface area contributed by atoms with Crippen molar-refractivity contribution in [3.05, 3.63) is 65.7 Å². The molecular formula is C17H18O3. The molecule has 3 heteroatoms. The number of benzene rings is 2. The van der Waals surface area contributed by atoms with E-state index in [0.29, 0.717) is 12.2 Å². The topological polar surface area (TPSA) is 35.5 Å². The summed E-state index contributed by atoms with van der Waals surface area (Å²) in [4.78, 5) is 11.3. The number of hydrogen-bond donors (Lipinski definition) is 0. The van der Waals surface area contributed by atoms with Crippen molar-refractivity contribution in [1.82, 2.24) is 0 Å². The number of rotatable bonds is 6. The minimum absolute atomic E-state index is 0.302. The summed E-state index contributed by atoms with van der Waals surface area (Å²) in [5, 5.41) is 0. The second kappa shape index (κ2) is 7.34. The van der Waals surface area contributed by atoms with Crippen molar-refractivity contribution < 1.29 is 14.3 Å². The number of carbonyl (C=O) groups is 1. The number of hydrogen-bond acceptors (Lipinski definition) is 3. The Balaban J connectivity index is 1.75. The van der Waals surface area contributed by atoms with Crippen LogP contribution >= 0.6 is 0 Å². The van der Waals surface area contributed by atoms with Crippen LogP contribution in [0.25, 0.3) is 0 Å². The zero-order chi connectivity index (χ0) is 14.2. The molecule has 3 nitrogen and oxygen atoms in total. The molecule has 0 bridgehead atoms. The first-order chi connectivity index (χ1) is 9.79. The second-order valence-corrected chi connectivity index (χ2v) is 4.45. The number of para-hydroxylation sites is 1. The molecule has 0 aliphatic carbocycles. The van der Waals surface area contributed by atoms with Crippen molar-refractivity contribution in [3.63, 3.8) is 0 Å². The molecule has 0 aliphatic rings. The minimum atomic E-state index is -0.302. The Morgan fingerprint density at radius 3 is 2.35 bits per heavy atom. The van der Waals surface area contributed by atoms with Crippen LogP contribution in [0.2, 0.25) is 0 Å². The Morgan fingerprint density at radius 1 is 1.00 bits per heavy atom. The molecule has 0 unspecified atom stereocenters. The molecule has 0 aliphatic heterocycles. The summed E-state index contributed by atoms with van der Waals surface area (Å²) in [7, 11) is 1.39. The van der Waals surface area contributed by atoms with Gasteiger partial charge in [0.1, 0.15) is 5.75 Å². The third kappa shape index (κ3) is 4.12. The third-order valence-electron chi connectivity index (χ3n) is 3.00. The van der Waals surface area contributed by atoms with Gasteiger partial charge in [0.05, 0.1) is 19.3 Å². The molecule has 0 heterocycles. The molecule has 0 spiro atoms. The molecule has 0 N–H and O–H groups in total. The fourth-order valence-corrected chi connectivity index (χ4v) is 1.91. The quantitative estimate of drug-likeness (QED) is 0.595. The summed E-state index contributed by atoms with van der Waals surface area (Å²) in [5.41, 5.74) is 1.77. The van der Waals surface area contributed by atoms with Gasteiger partial charge >= 0.3 is 5.97 Å². The maximum Gasteiger partial charge on any atom is 0.337 e. The molecule has 2 rings (SSSR count). The van der Waals surface area contributed by atoms with Gasteiger partial charge in [0, 0.05) is 0 Å². The summed E-state index contributed by atoms with van der Waals surface area (Å²) >= 11 is 0. The Morgan fingerprint density at radius 2 is 1.70 bits per heavy atom. The molecule has 0 saturated heterocycles. The number of esters is 1. The molecule has 0 atom stereocenters. The van der Waals surface area contributed by atoms with Crippen LogP contribution in [-0.4, -0.2) is 19.7 Å². The second-order valence-electron chi connectivity index (χ2n) is 4.45. The van der Waals surface area contributed by atoms with Crippen LogP contribution in [0.15, 0.2) is 54.6 Å². The van der Waals surface area contributed by atoms with Gasteiger partial charge in [-0.25, -0.2) is 4.79 Å². The summed E-state index contributed by atoms with van der Waals surface area (Å²) in [5.74, 6) is 0.595. The fraction of sp³-hybridized carbons (Fsp3) is 0.235. The van der Waals surface area contributed by atoms with E-state index in [1.54, 1.807) is 12.1 Å².